The minimum atomic E-state index is 0.393. The Labute approximate surface area is 121 Å². The van der Waals surface area contributed by atoms with Crippen LogP contribution < -0.4 is 5.32 Å². The predicted octanol–water partition coefficient (Wildman–Crippen LogP) is 2.63. The normalized spacial score (nSPS) is 24.8. The van der Waals surface area contributed by atoms with Crippen LogP contribution >= 0.6 is 11.3 Å². The molecule has 0 bridgehead atoms. The average Bonchev–Trinajstić information content (AvgIpc) is 2.72. The standard InChI is InChI=1S/C15H26N2OS/c1-11-5-6-17(10-15(11)18-4)9-13-7-14(8-16-3)19-12(13)2/h7,11,15-16H,5-6,8-10H2,1-4H3. The Morgan fingerprint density at radius 1 is 1.53 bits per heavy atom. The number of likely N-dealkylation sites (tertiary alicyclic amines) is 1. The van der Waals surface area contributed by atoms with Crippen molar-refractivity contribution in [3.8, 4) is 0 Å². The Morgan fingerprint density at radius 2 is 2.32 bits per heavy atom. The highest BCUT2D eigenvalue weighted by atomic mass is 32.1. The second-order valence-electron chi connectivity index (χ2n) is 5.60. The SMILES string of the molecule is CNCc1cc(CN2CCC(C)C(OC)C2)c(C)s1. The summed E-state index contributed by atoms with van der Waals surface area (Å²) in [5.74, 6) is 0.685. The fraction of sp³-hybridized carbons (Fsp3) is 0.733. The minimum Gasteiger partial charge on any atom is -0.380 e. The number of rotatable bonds is 5. The largest absolute Gasteiger partial charge is 0.380 e. The number of nitrogens with zero attached hydrogens (tertiary/aromatic N) is 1. The number of ether oxygens (including phenoxy) is 1. The van der Waals surface area contributed by atoms with Gasteiger partial charge in [-0.05, 0) is 44.5 Å². The van der Waals surface area contributed by atoms with Crippen molar-refractivity contribution in [1.29, 1.82) is 0 Å². The van der Waals surface area contributed by atoms with E-state index < -0.39 is 0 Å². The molecule has 1 aromatic heterocycles. The highest BCUT2D eigenvalue weighted by Crippen LogP contribution is 2.26. The summed E-state index contributed by atoms with van der Waals surface area (Å²) in [4.78, 5) is 5.42. The van der Waals surface area contributed by atoms with Crippen LogP contribution in [0, 0.1) is 12.8 Å². The summed E-state index contributed by atoms with van der Waals surface area (Å²) in [6.07, 6.45) is 1.63. The molecule has 19 heavy (non-hydrogen) atoms. The molecule has 1 aliphatic heterocycles. The van der Waals surface area contributed by atoms with Crippen LogP contribution in [-0.4, -0.2) is 38.3 Å². The van der Waals surface area contributed by atoms with E-state index in [4.69, 9.17) is 4.74 Å². The second-order valence-corrected chi connectivity index (χ2v) is 6.94. The van der Waals surface area contributed by atoms with Gasteiger partial charge < -0.3 is 10.1 Å². The number of hydrogen-bond donors (Lipinski definition) is 1. The predicted molar refractivity (Wildman–Crippen MR) is 81.7 cm³/mol. The Kier molecular flexibility index (Phi) is 5.39. The van der Waals surface area contributed by atoms with E-state index in [-0.39, 0.29) is 0 Å². The highest BCUT2D eigenvalue weighted by Gasteiger charge is 2.26. The van der Waals surface area contributed by atoms with Gasteiger partial charge in [0.2, 0.25) is 0 Å². The van der Waals surface area contributed by atoms with Crippen LogP contribution in [-0.2, 0) is 17.8 Å². The second kappa shape index (κ2) is 6.84. The van der Waals surface area contributed by atoms with Crippen LogP contribution in [0.3, 0.4) is 0 Å². The van der Waals surface area contributed by atoms with Gasteiger partial charge in [0, 0.05) is 36.5 Å². The molecule has 1 aliphatic rings. The topological polar surface area (TPSA) is 24.5 Å². The zero-order chi connectivity index (χ0) is 13.8. The van der Waals surface area contributed by atoms with E-state index in [1.165, 1.54) is 28.3 Å². The van der Waals surface area contributed by atoms with Crippen LogP contribution in [0.15, 0.2) is 6.07 Å². The van der Waals surface area contributed by atoms with Crippen LogP contribution in [0.4, 0.5) is 0 Å². The first-order valence-electron chi connectivity index (χ1n) is 7.12. The van der Waals surface area contributed by atoms with Crippen LogP contribution in [0.25, 0.3) is 0 Å². The zero-order valence-corrected chi connectivity index (χ0v) is 13.3. The molecule has 0 saturated carbocycles. The summed E-state index contributed by atoms with van der Waals surface area (Å²) in [7, 11) is 3.84. The van der Waals surface area contributed by atoms with Crippen molar-refractivity contribution in [2.75, 3.05) is 27.2 Å². The van der Waals surface area contributed by atoms with E-state index in [1.54, 1.807) is 0 Å². The number of thiophene rings is 1. The molecule has 1 N–H and O–H groups in total. The number of nitrogens with one attached hydrogen (secondary N) is 1. The van der Waals surface area contributed by atoms with Gasteiger partial charge in [-0.25, -0.2) is 0 Å². The van der Waals surface area contributed by atoms with E-state index in [9.17, 15) is 0 Å². The molecule has 4 heteroatoms. The molecular formula is C15H26N2OS. The van der Waals surface area contributed by atoms with Gasteiger partial charge in [-0.15, -0.1) is 11.3 Å². The molecule has 0 radical (unpaired) electrons. The van der Waals surface area contributed by atoms with E-state index in [0.29, 0.717) is 12.0 Å². The molecular weight excluding hydrogens is 256 g/mol. The summed E-state index contributed by atoms with van der Waals surface area (Å²) < 4.78 is 5.60. The van der Waals surface area contributed by atoms with Crippen LogP contribution in [0.1, 0.15) is 28.7 Å². The maximum atomic E-state index is 5.60. The molecule has 1 aromatic rings. The smallest absolute Gasteiger partial charge is 0.0724 e. The Balaban J connectivity index is 1.97. The molecule has 2 unspecified atom stereocenters. The molecule has 2 heterocycles. The number of piperidine rings is 1. The Bertz CT molecular complexity index is 405. The minimum absolute atomic E-state index is 0.393. The Morgan fingerprint density at radius 3 is 3.00 bits per heavy atom. The molecule has 1 saturated heterocycles. The summed E-state index contributed by atoms with van der Waals surface area (Å²) >= 11 is 1.91. The van der Waals surface area contributed by atoms with Crippen molar-refractivity contribution in [3.05, 3.63) is 21.4 Å². The quantitative estimate of drug-likeness (QED) is 0.898. The number of methoxy groups -OCH3 is 1. The molecule has 3 nitrogen and oxygen atoms in total. The Hall–Kier alpha value is -0.420. The van der Waals surface area contributed by atoms with Gasteiger partial charge in [0.15, 0.2) is 0 Å². The highest BCUT2D eigenvalue weighted by molar-refractivity contribution is 7.12. The number of hydrogen-bond acceptors (Lipinski definition) is 4. The van der Waals surface area contributed by atoms with Gasteiger partial charge in [0.1, 0.15) is 0 Å². The summed E-state index contributed by atoms with van der Waals surface area (Å²) in [6.45, 7) is 8.83. The molecule has 1 fully saturated rings. The third kappa shape index (κ3) is 3.78. The third-order valence-corrected chi connectivity index (χ3v) is 5.19. The van der Waals surface area contributed by atoms with Gasteiger partial charge in [0.05, 0.1) is 6.10 Å². The lowest BCUT2D eigenvalue weighted by Crippen LogP contribution is -2.43. The molecule has 0 amide bonds. The summed E-state index contributed by atoms with van der Waals surface area (Å²) in [5, 5.41) is 3.23. The van der Waals surface area contributed by atoms with E-state index in [2.05, 4.69) is 30.1 Å². The zero-order valence-electron chi connectivity index (χ0n) is 12.5. The van der Waals surface area contributed by atoms with Crippen LogP contribution in [0.2, 0.25) is 0 Å². The molecule has 0 aliphatic carbocycles. The van der Waals surface area contributed by atoms with Gasteiger partial charge in [-0.3, -0.25) is 4.90 Å². The average molecular weight is 282 g/mol. The first-order valence-corrected chi connectivity index (χ1v) is 7.93. The van der Waals surface area contributed by atoms with Crippen molar-refractivity contribution in [3.63, 3.8) is 0 Å². The van der Waals surface area contributed by atoms with E-state index in [1.807, 2.05) is 25.5 Å². The van der Waals surface area contributed by atoms with Gasteiger partial charge >= 0.3 is 0 Å². The first kappa shape index (κ1) is 15.0. The van der Waals surface area contributed by atoms with Crippen molar-refractivity contribution < 1.29 is 4.74 Å². The maximum Gasteiger partial charge on any atom is 0.0724 e. The summed E-state index contributed by atoms with van der Waals surface area (Å²) in [6, 6.07) is 2.36. The van der Waals surface area contributed by atoms with Gasteiger partial charge in [0.25, 0.3) is 0 Å². The van der Waals surface area contributed by atoms with E-state index in [0.717, 1.165) is 19.6 Å². The molecule has 108 valence electrons. The molecule has 2 rings (SSSR count). The first-order chi connectivity index (χ1) is 9.13. The third-order valence-electron chi connectivity index (χ3n) is 4.09. The lowest BCUT2D eigenvalue weighted by molar-refractivity contribution is -0.00746. The molecule has 2 atom stereocenters. The maximum absolute atomic E-state index is 5.60. The van der Waals surface area contributed by atoms with Crippen molar-refractivity contribution in [2.24, 2.45) is 5.92 Å². The summed E-state index contributed by atoms with van der Waals surface area (Å²) in [5.41, 5.74) is 1.49. The van der Waals surface area contributed by atoms with E-state index >= 15 is 0 Å². The van der Waals surface area contributed by atoms with Gasteiger partial charge in [-0.2, -0.15) is 0 Å². The van der Waals surface area contributed by atoms with Crippen molar-refractivity contribution in [1.82, 2.24) is 10.2 Å². The monoisotopic (exact) mass is 282 g/mol. The lowest BCUT2D eigenvalue weighted by Gasteiger charge is -2.36. The van der Waals surface area contributed by atoms with Crippen molar-refractivity contribution in [2.45, 2.75) is 39.5 Å². The fourth-order valence-corrected chi connectivity index (χ4v) is 3.86. The van der Waals surface area contributed by atoms with Gasteiger partial charge in [-0.1, -0.05) is 6.92 Å². The molecule has 0 spiro atoms. The lowest BCUT2D eigenvalue weighted by atomic mass is 9.95. The molecule has 0 aromatic carbocycles. The number of aryl methyl sites for hydroxylation is 1. The fourth-order valence-electron chi connectivity index (χ4n) is 2.80. The van der Waals surface area contributed by atoms with Crippen molar-refractivity contribution >= 4 is 11.3 Å². The van der Waals surface area contributed by atoms with Crippen LogP contribution in [0.5, 0.6) is 0 Å².